The van der Waals surface area contributed by atoms with Crippen molar-refractivity contribution in [1.29, 1.82) is 0 Å². The average Bonchev–Trinajstić information content (AvgIpc) is 2.19. The lowest BCUT2D eigenvalue weighted by molar-refractivity contribution is 0.100. The molecule has 1 unspecified atom stereocenters. The molecular formula is C11H19N5O. The molecule has 6 heteroatoms. The van der Waals surface area contributed by atoms with E-state index in [9.17, 15) is 4.79 Å². The smallest absolute Gasteiger partial charge is 0.252 e. The zero-order chi connectivity index (χ0) is 13.0. The van der Waals surface area contributed by atoms with E-state index in [0.717, 1.165) is 6.54 Å². The number of primary amides is 1. The van der Waals surface area contributed by atoms with Crippen molar-refractivity contribution in [3.63, 3.8) is 0 Å². The van der Waals surface area contributed by atoms with Crippen LogP contribution in [0.3, 0.4) is 0 Å². The monoisotopic (exact) mass is 237 g/mol. The molecule has 17 heavy (non-hydrogen) atoms. The molecule has 0 radical (unpaired) electrons. The number of nitrogens with zero attached hydrogens (tertiary/aromatic N) is 2. The van der Waals surface area contributed by atoms with Gasteiger partial charge in [-0.1, -0.05) is 0 Å². The number of aromatic nitrogens is 1. The highest BCUT2D eigenvalue weighted by Crippen LogP contribution is 2.15. The number of nitrogens with two attached hydrogens (primary N) is 2. The molecule has 0 spiro atoms. The van der Waals surface area contributed by atoms with Gasteiger partial charge in [-0.2, -0.15) is 0 Å². The molecule has 1 amide bonds. The molecule has 0 saturated carbocycles. The van der Waals surface area contributed by atoms with Crippen molar-refractivity contribution < 1.29 is 4.79 Å². The number of hydrogen-bond donors (Lipinski definition) is 3. The molecule has 1 rings (SSSR count). The maximum absolute atomic E-state index is 11.3. The lowest BCUT2D eigenvalue weighted by Crippen LogP contribution is -2.31. The third-order valence-electron chi connectivity index (χ3n) is 2.20. The molecule has 1 atom stereocenters. The Morgan fingerprint density at radius 2 is 2.24 bits per heavy atom. The first kappa shape index (κ1) is 13.2. The Labute approximate surface area is 101 Å². The Morgan fingerprint density at radius 1 is 1.59 bits per heavy atom. The second-order valence-corrected chi connectivity index (χ2v) is 4.34. The third-order valence-corrected chi connectivity index (χ3v) is 2.20. The molecule has 0 fully saturated rings. The summed E-state index contributed by atoms with van der Waals surface area (Å²) in [6.07, 6.45) is 1.50. The maximum Gasteiger partial charge on any atom is 0.252 e. The summed E-state index contributed by atoms with van der Waals surface area (Å²) in [7, 11) is 3.95. The van der Waals surface area contributed by atoms with Crippen LogP contribution >= 0.6 is 0 Å². The molecule has 0 aromatic carbocycles. The zero-order valence-corrected chi connectivity index (χ0v) is 10.4. The van der Waals surface area contributed by atoms with E-state index in [1.165, 1.54) is 12.3 Å². The largest absolute Gasteiger partial charge is 0.397 e. The Bertz CT molecular complexity index is 405. The number of carbonyl (C=O) groups excluding carboxylic acids is 1. The summed E-state index contributed by atoms with van der Waals surface area (Å²) in [6.45, 7) is 2.83. The van der Waals surface area contributed by atoms with E-state index in [0.29, 0.717) is 17.1 Å². The Balaban J connectivity index is 2.86. The molecule has 6 nitrogen and oxygen atoms in total. The van der Waals surface area contributed by atoms with Gasteiger partial charge >= 0.3 is 0 Å². The minimum Gasteiger partial charge on any atom is -0.397 e. The first-order valence-corrected chi connectivity index (χ1v) is 5.36. The summed E-state index contributed by atoms with van der Waals surface area (Å²) < 4.78 is 0. The van der Waals surface area contributed by atoms with Crippen molar-refractivity contribution in [2.45, 2.75) is 13.0 Å². The molecule has 0 saturated heterocycles. The van der Waals surface area contributed by atoms with E-state index < -0.39 is 5.91 Å². The molecule has 0 aliphatic carbocycles. The van der Waals surface area contributed by atoms with Crippen LogP contribution in [0, 0.1) is 0 Å². The van der Waals surface area contributed by atoms with Gasteiger partial charge in [0.05, 0.1) is 17.4 Å². The minimum absolute atomic E-state index is 0.152. The third kappa shape index (κ3) is 3.92. The van der Waals surface area contributed by atoms with Gasteiger partial charge in [0.1, 0.15) is 5.82 Å². The first-order valence-electron chi connectivity index (χ1n) is 5.36. The molecule has 0 aliphatic rings. The lowest BCUT2D eigenvalue weighted by Gasteiger charge is -2.19. The van der Waals surface area contributed by atoms with Crippen molar-refractivity contribution in [3.8, 4) is 0 Å². The molecule has 1 aromatic rings. The highest BCUT2D eigenvalue weighted by molar-refractivity contribution is 5.98. The highest BCUT2D eigenvalue weighted by Gasteiger charge is 2.12. The van der Waals surface area contributed by atoms with Gasteiger partial charge in [0.25, 0.3) is 5.91 Å². The number of carbonyl (C=O) groups is 1. The van der Waals surface area contributed by atoms with Crippen LogP contribution in [-0.2, 0) is 0 Å². The zero-order valence-electron chi connectivity index (χ0n) is 10.4. The fraction of sp³-hybridized carbons (Fsp3) is 0.455. The minimum atomic E-state index is -0.538. The van der Waals surface area contributed by atoms with Gasteiger partial charge in [0.2, 0.25) is 0 Å². The van der Waals surface area contributed by atoms with Gasteiger partial charge in [0.15, 0.2) is 0 Å². The van der Waals surface area contributed by atoms with Crippen LogP contribution in [0.5, 0.6) is 0 Å². The van der Waals surface area contributed by atoms with E-state index in [4.69, 9.17) is 11.5 Å². The Hall–Kier alpha value is -1.82. The number of nitrogens with one attached hydrogen (secondary N) is 1. The maximum atomic E-state index is 11.3. The fourth-order valence-electron chi connectivity index (χ4n) is 1.61. The number of rotatable bonds is 5. The SMILES string of the molecule is CC(CN(C)C)Nc1ncc(N)cc1C(N)=O. The summed E-state index contributed by atoms with van der Waals surface area (Å²) in [5, 5.41) is 3.14. The van der Waals surface area contributed by atoms with E-state index in [2.05, 4.69) is 10.3 Å². The molecule has 1 aromatic heterocycles. The van der Waals surface area contributed by atoms with Crippen LogP contribution in [0.2, 0.25) is 0 Å². The van der Waals surface area contributed by atoms with Gasteiger partial charge in [0, 0.05) is 12.6 Å². The quantitative estimate of drug-likeness (QED) is 0.676. The van der Waals surface area contributed by atoms with E-state index >= 15 is 0 Å². The van der Waals surface area contributed by atoms with Gasteiger partial charge in [-0.25, -0.2) is 4.98 Å². The highest BCUT2D eigenvalue weighted by atomic mass is 16.1. The van der Waals surface area contributed by atoms with Crippen molar-refractivity contribution >= 4 is 17.4 Å². The van der Waals surface area contributed by atoms with Gasteiger partial charge < -0.3 is 21.7 Å². The Morgan fingerprint density at radius 3 is 2.76 bits per heavy atom. The molecule has 1 heterocycles. The summed E-state index contributed by atoms with van der Waals surface area (Å²) in [5.41, 5.74) is 11.6. The number of nitrogen functional groups attached to an aromatic ring is 1. The van der Waals surface area contributed by atoms with E-state index in [-0.39, 0.29) is 6.04 Å². The van der Waals surface area contributed by atoms with E-state index in [1.807, 2.05) is 25.9 Å². The molecule has 0 aliphatic heterocycles. The van der Waals surface area contributed by atoms with Crippen molar-refractivity contribution in [1.82, 2.24) is 9.88 Å². The Kier molecular flexibility index (Phi) is 4.28. The number of anilines is 2. The first-order chi connectivity index (χ1) is 7.90. The average molecular weight is 237 g/mol. The lowest BCUT2D eigenvalue weighted by atomic mass is 10.2. The van der Waals surface area contributed by atoms with Gasteiger partial charge in [-0.15, -0.1) is 0 Å². The van der Waals surface area contributed by atoms with Crippen molar-refractivity contribution in [2.75, 3.05) is 31.7 Å². The van der Waals surface area contributed by atoms with Crippen LogP contribution in [0.4, 0.5) is 11.5 Å². The van der Waals surface area contributed by atoms with Gasteiger partial charge in [-0.05, 0) is 27.1 Å². The standard InChI is InChI=1S/C11H19N5O/c1-7(6-16(2)3)15-11-9(10(13)17)4-8(12)5-14-11/h4-5,7H,6,12H2,1-3H3,(H2,13,17)(H,14,15). The van der Waals surface area contributed by atoms with Crippen LogP contribution < -0.4 is 16.8 Å². The number of amides is 1. The number of hydrogen-bond acceptors (Lipinski definition) is 5. The second kappa shape index (κ2) is 5.49. The van der Waals surface area contributed by atoms with Crippen LogP contribution in [-0.4, -0.2) is 42.5 Å². The van der Waals surface area contributed by atoms with Crippen LogP contribution in [0.1, 0.15) is 17.3 Å². The summed E-state index contributed by atoms with van der Waals surface area (Å²) in [4.78, 5) is 17.4. The number of pyridine rings is 1. The molecule has 0 bridgehead atoms. The van der Waals surface area contributed by atoms with Crippen LogP contribution in [0.15, 0.2) is 12.3 Å². The second-order valence-electron chi connectivity index (χ2n) is 4.34. The summed E-state index contributed by atoms with van der Waals surface area (Å²) in [6, 6.07) is 1.68. The summed E-state index contributed by atoms with van der Waals surface area (Å²) >= 11 is 0. The van der Waals surface area contributed by atoms with E-state index in [1.54, 1.807) is 0 Å². The predicted octanol–water partition coefficient (Wildman–Crippen LogP) is 0.125. The topological polar surface area (TPSA) is 97.3 Å². The number of likely N-dealkylation sites (N-methyl/N-ethyl adjacent to an activating group) is 1. The molecule has 5 N–H and O–H groups in total. The summed E-state index contributed by atoms with van der Waals surface area (Å²) in [5.74, 6) is -0.0644. The van der Waals surface area contributed by atoms with Crippen molar-refractivity contribution in [3.05, 3.63) is 17.8 Å². The van der Waals surface area contributed by atoms with Gasteiger partial charge in [-0.3, -0.25) is 4.79 Å². The molecule has 94 valence electrons. The predicted molar refractivity (Wildman–Crippen MR) is 68.8 cm³/mol. The molecular weight excluding hydrogens is 218 g/mol. The normalized spacial score (nSPS) is 12.5. The van der Waals surface area contributed by atoms with Crippen LogP contribution in [0.25, 0.3) is 0 Å². The fourth-order valence-corrected chi connectivity index (χ4v) is 1.61. The van der Waals surface area contributed by atoms with Crippen molar-refractivity contribution in [2.24, 2.45) is 5.73 Å².